The quantitative estimate of drug-likeness (QED) is 0.837. The van der Waals surface area contributed by atoms with E-state index in [2.05, 4.69) is 0 Å². The molecule has 3 unspecified atom stereocenters. The van der Waals surface area contributed by atoms with Crippen LogP contribution in [0.25, 0.3) is 0 Å². The van der Waals surface area contributed by atoms with E-state index in [9.17, 15) is 9.59 Å². The van der Waals surface area contributed by atoms with Crippen LogP contribution < -0.4 is 11.5 Å². The van der Waals surface area contributed by atoms with Gasteiger partial charge in [-0.3, -0.25) is 9.59 Å². The van der Waals surface area contributed by atoms with E-state index in [0.717, 1.165) is 11.1 Å². The molecule has 0 radical (unpaired) electrons. The Morgan fingerprint density at radius 3 is 2.40 bits per heavy atom. The van der Waals surface area contributed by atoms with Crippen molar-refractivity contribution in [2.24, 2.45) is 17.4 Å². The summed E-state index contributed by atoms with van der Waals surface area (Å²) in [4.78, 5) is 25.7. The Kier molecular flexibility index (Phi) is 4.09. The summed E-state index contributed by atoms with van der Waals surface area (Å²) in [6.07, 6.45) is 0.475. The number of fused-ring (bicyclic) bond motifs is 1. The number of carbonyl (C=O) groups excluding carboxylic acids is 2. The Hall–Kier alpha value is -1.88. The predicted octanol–water partition coefficient (Wildman–Crippen LogP) is 0.408. The molecule has 0 saturated heterocycles. The molecule has 0 aromatic heterocycles. The number of nitrogens with two attached hydrogens (primary N) is 2. The van der Waals surface area contributed by atoms with Crippen molar-refractivity contribution in [2.45, 2.75) is 38.9 Å². The molecule has 1 aromatic carbocycles. The van der Waals surface area contributed by atoms with Gasteiger partial charge in [0.2, 0.25) is 11.8 Å². The number of rotatable bonds is 3. The van der Waals surface area contributed by atoms with Crippen molar-refractivity contribution in [3.05, 3.63) is 35.4 Å². The van der Waals surface area contributed by atoms with Crippen LogP contribution in [0.2, 0.25) is 0 Å². The molecular formula is C15H21N3O2. The van der Waals surface area contributed by atoms with Crippen molar-refractivity contribution in [3.63, 3.8) is 0 Å². The second-order valence-electron chi connectivity index (χ2n) is 5.50. The summed E-state index contributed by atoms with van der Waals surface area (Å²) in [7, 11) is 0. The number of primary amides is 1. The van der Waals surface area contributed by atoms with Gasteiger partial charge in [0.05, 0.1) is 5.92 Å². The first-order chi connectivity index (χ1) is 9.41. The molecule has 20 heavy (non-hydrogen) atoms. The SMILES string of the molecule is CC(N)C(C)C(=O)N1Cc2ccccc2CC1C(N)=O. The summed E-state index contributed by atoms with van der Waals surface area (Å²) in [6.45, 7) is 3.99. The highest BCUT2D eigenvalue weighted by molar-refractivity contribution is 5.88. The van der Waals surface area contributed by atoms with Gasteiger partial charge in [0.1, 0.15) is 6.04 Å². The van der Waals surface area contributed by atoms with Gasteiger partial charge in [-0.2, -0.15) is 0 Å². The van der Waals surface area contributed by atoms with Crippen molar-refractivity contribution in [1.29, 1.82) is 0 Å². The average Bonchev–Trinajstić information content (AvgIpc) is 2.44. The van der Waals surface area contributed by atoms with E-state index in [4.69, 9.17) is 11.5 Å². The zero-order chi connectivity index (χ0) is 14.9. The van der Waals surface area contributed by atoms with Gasteiger partial charge in [0, 0.05) is 19.0 Å². The molecule has 5 nitrogen and oxygen atoms in total. The first-order valence-electron chi connectivity index (χ1n) is 6.84. The summed E-state index contributed by atoms with van der Waals surface area (Å²) in [6, 6.07) is 6.97. The minimum Gasteiger partial charge on any atom is -0.368 e. The summed E-state index contributed by atoms with van der Waals surface area (Å²) in [5, 5.41) is 0. The van der Waals surface area contributed by atoms with Crippen LogP contribution in [-0.2, 0) is 22.6 Å². The highest BCUT2D eigenvalue weighted by atomic mass is 16.2. The first kappa shape index (κ1) is 14.5. The molecule has 3 atom stereocenters. The third-order valence-electron chi connectivity index (χ3n) is 4.04. The fourth-order valence-corrected chi connectivity index (χ4v) is 2.50. The highest BCUT2D eigenvalue weighted by Gasteiger charge is 2.35. The second-order valence-corrected chi connectivity index (χ2v) is 5.50. The lowest BCUT2D eigenvalue weighted by Crippen LogP contribution is -2.54. The number of hydrogen-bond acceptors (Lipinski definition) is 3. The van der Waals surface area contributed by atoms with Crippen LogP contribution in [0.3, 0.4) is 0 Å². The molecule has 0 spiro atoms. The molecule has 1 aromatic rings. The molecule has 0 fully saturated rings. The van der Waals surface area contributed by atoms with Gasteiger partial charge in [-0.25, -0.2) is 0 Å². The number of hydrogen-bond donors (Lipinski definition) is 2. The standard InChI is InChI=1S/C15H21N3O2/c1-9(10(2)16)15(20)18-8-12-6-4-3-5-11(12)7-13(18)14(17)19/h3-6,9-10,13H,7-8,16H2,1-2H3,(H2,17,19). The summed E-state index contributed by atoms with van der Waals surface area (Å²) >= 11 is 0. The monoisotopic (exact) mass is 275 g/mol. The molecule has 0 aliphatic carbocycles. The zero-order valence-electron chi connectivity index (χ0n) is 11.9. The van der Waals surface area contributed by atoms with Crippen LogP contribution in [0.1, 0.15) is 25.0 Å². The van der Waals surface area contributed by atoms with Crippen molar-refractivity contribution in [3.8, 4) is 0 Å². The molecule has 108 valence electrons. The maximum Gasteiger partial charge on any atom is 0.240 e. The van der Waals surface area contributed by atoms with Gasteiger partial charge in [-0.05, 0) is 18.1 Å². The van der Waals surface area contributed by atoms with Crippen molar-refractivity contribution >= 4 is 11.8 Å². The Bertz CT molecular complexity index is 528. The summed E-state index contributed by atoms with van der Waals surface area (Å²) in [5.41, 5.74) is 13.4. The fraction of sp³-hybridized carbons (Fsp3) is 0.467. The van der Waals surface area contributed by atoms with Crippen LogP contribution in [-0.4, -0.2) is 28.8 Å². The third kappa shape index (κ3) is 2.67. The van der Waals surface area contributed by atoms with Crippen LogP contribution >= 0.6 is 0 Å². The molecule has 1 heterocycles. The van der Waals surface area contributed by atoms with Crippen molar-refractivity contribution < 1.29 is 9.59 Å². The van der Waals surface area contributed by atoms with E-state index in [1.165, 1.54) is 0 Å². The van der Waals surface area contributed by atoms with E-state index in [0.29, 0.717) is 13.0 Å². The Balaban J connectivity index is 2.31. The van der Waals surface area contributed by atoms with Gasteiger partial charge in [-0.1, -0.05) is 31.2 Å². The minimum absolute atomic E-state index is 0.113. The molecule has 5 heteroatoms. The largest absolute Gasteiger partial charge is 0.368 e. The van der Waals surface area contributed by atoms with Crippen LogP contribution in [0.5, 0.6) is 0 Å². The number of nitrogens with zero attached hydrogens (tertiary/aromatic N) is 1. The highest BCUT2D eigenvalue weighted by Crippen LogP contribution is 2.25. The second kappa shape index (κ2) is 5.63. The van der Waals surface area contributed by atoms with E-state index in [1.54, 1.807) is 18.7 Å². The first-order valence-corrected chi connectivity index (χ1v) is 6.84. The lowest BCUT2D eigenvalue weighted by Gasteiger charge is -2.37. The Morgan fingerprint density at radius 1 is 1.25 bits per heavy atom. The molecule has 1 aliphatic heterocycles. The average molecular weight is 275 g/mol. The van der Waals surface area contributed by atoms with Crippen molar-refractivity contribution in [2.75, 3.05) is 0 Å². The summed E-state index contributed by atoms with van der Waals surface area (Å²) < 4.78 is 0. The van der Waals surface area contributed by atoms with Gasteiger partial charge in [-0.15, -0.1) is 0 Å². The molecule has 4 N–H and O–H groups in total. The Morgan fingerprint density at radius 2 is 1.85 bits per heavy atom. The molecule has 1 aliphatic rings. The van der Waals surface area contributed by atoms with E-state index < -0.39 is 11.9 Å². The summed E-state index contributed by atoms with van der Waals surface area (Å²) in [5.74, 6) is -0.912. The fourth-order valence-electron chi connectivity index (χ4n) is 2.50. The van der Waals surface area contributed by atoms with Crippen LogP contribution in [0.4, 0.5) is 0 Å². The van der Waals surface area contributed by atoms with Crippen molar-refractivity contribution in [1.82, 2.24) is 4.90 Å². The third-order valence-corrected chi connectivity index (χ3v) is 4.04. The topological polar surface area (TPSA) is 89.4 Å². The number of carbonyl (C=O) groups is 2. The molecule has 0 bridgehead atoms. The molecule has 2 rings (SSSR count). The van der Waals surface area contributed by atoms with Gasteiger partial charge >= 0.3 is 0 Å². The maximum absolute atomic E-state index is 12.5. The minimum atomic E-state index is -0.585. The van der Waals surface area contributed by atoms with E-state index in [-0.39, 0.29) is 17.9 Å². The number of amides is 2. The lowest BCUT2D eigenvalue weighted by atomic mass is 9.91. The smallest absolute Gasteiger partial charge is 0.240 e. The van der Waals surface area contributed by atoms with E-state index >= 15 is 0 Å². The number of benzene rings is 1. The molecular weight excluding hydrogens is 254 g/mol. The maximum atomic E-state index is 12.5. The lowest BCUT2D eigenvalue weighted by molar-refractivity contribution is -0.144. The molecule has 0 saturated carbocycles. The predicted molar refractivity (Wildman–Crippen MR) is 76.5 cm³/mol. The van der Waals surface area contributed by atoms with Gasteiger partial charge in [0.25, 0.3) is 0 Å². The Labute approximate surface area is 118 Å². The zero-order valence-corrected chi connectivity index (χ0v) is 11.9. The van der Waals surface area contributed by atoms with Crippen LogP contribution in [0.15, 0.2) is 24.3 Å². The van der Waals surface area contributed by atoms with E-state index in [1.807, 2.05) is 24.3 Å². The van der Waals surface area contributed by atoms with Gasteiger partial charge in [0.15, 0.2) is 0 Å². The molecule has 2 amide bonds. The van der Waals surface area contributed by atoms with Gasteiger partial charge < -0.3 is 16.4 Å². The normalized spacial score (nSPS) is 20.9. The van der Waals surface area contributed by atoms with Crippen LogP contribution in [0, 0.1) is 5.92 Å².